The summed E-state index contributed by atoms with van der Waals surface area (Å²) in [6.45, 7) is 3.19. The second-order valence-electron chi connectivity index (χ2n) is 2.88. The van der Waals surface area contributed by atoms with Crippen LogP contribution in [0.5, 0.6) is 0 Å². The second-order valence-corrected chi connectivity index (χ2v) is 6.11. The van der Waals surface area contributed by atoms with E-state index in [9.17, 15) is 13.2 Å². The first-order valence-electron chi connectivity index (χ1n) is 4.19. The quantitative estimate of drug-likeness (QED) is 0.682. The van der Waals surface area contributed by atoms with Gasteiger partial charge >= 0.3 is 5.97 Å². The Morgan fingerprint density at radius 2 is 2.36 bits per heavy atom. The maximum atomic E-state index is 11.2. The fourth-order valence-electron chi connectivity index (χ4n) is 1.18. The van der Waals surface area contributed by atoms with Crippen molar-refractivity contribution in [3.05, 3.63) is 10.3 Å². The van der Waals surface area contributed by atoms with E-state index in [0.717, 1.165) is 5.75 Å². The lowest BCUT2D eigenvalue weighted by Gasteiger charge is -2.12. The molecule has 0 aliphatic carbocycles. The fraction of sp³-hybridized carbons (Fsp3) is 0.625. The summed E-state index contributed by atoms with van der Waals surface area (Å²) in [5.41, 5.74) is 0. The number of thioether (sulfide) groups is 1. The largest absolute Gasteiger partial charge is 0.456 e. The van der Waals surface area contributed by atoms with Gasteiger partial charge < -0.3 is 4.74 Å². The summed E-state index contributed by atoms with van der Waals surface area (Å²) < 4.78 is 27.4. The normalized spacial score (nSPS) is 24.4. The van der Waals surface area contributed by atoms with Crippen molar-refractivity contribution in [2.45, 2.75) is 20.0 Å². The van der Waals surface area contributed by atoms with E-state index < -0.39 is 21.9 Å². The average molecular weight is 236 g/mol. The van der Waals surface area contributed by atoms with E-state index in [1.54, 1.807) is 0 Å². The molecule has 0 spiro atoms. The highest BCUT2D eigenvalue weighted by Crippen LogP contribution is 2.29. The molecule has 80 valence electrons. The summed E-state index contributed by atoms with van der Waals surface area (Å²) in [6, 6.07) is 0. The Kier molecular flexibility index (Phi) is 3.60. The molecule has 0 saturated heterocycles. The first kappa shape index (κ1) is 11.6. The van der Waals surface area contributed by atoms with Crippen molar-refractivity contribution in [3.8, 4) is 0 Å². The summed E-state index contributed by atoms with van der Waals surface area (Å²) in [6.07, 6.45) is -0.595. The van der Waals surface area contributed by atoms with Gasteiger partial charge in [-0.25, -0.2) is 8.42 Å². The molecule has 0 saturated carbocycles. The highest BCUT2D eigenvalue weighted by atomic mass is 32.2. The van der Waals surface area contributed by atoms with Gasteiger partial charge in [-0.3, -0.25) is 4.79 Å². The molecule has 0 bridgehead atoms. The number of sulfone groups is 1. The zero-order valence-corrected chi connectivity index (χ0v) is 9.65. The predicted octanol–water partition coefficient (Wildman–Crippen LogP) is 0.941. The monoisotopic (exact) mass is 236 g/mol. The lowest BCUT2D eigenvalue weighted by molar-refractivity contribution is -0.143. The molecule has 1 atom stereocenters. The zero-order chi connectivity index (χ0) is 10.8. The summed E-state index contributed by atoms with van der Waals surface area (Å²) in [7, 11) is -3.17. The van der Waals surface area contributed by atoms with Crippen LogP contribution in [0.25, 0.3) is 0 Å². The van der Waals surface area contributed by atoms with E-state index in [-0.39, 0.29) is 5.75 Å². The smallest absolute Gasteiger partial charge is 0.303 e. The minimum atomic E-state index is -3.17. The number of hydrogen-bond acceptors (Lipinski definition) is 5. The van der Waals surface area contributed by atoms with Crippen LogP contribution in [-0.4, -0.2) is 32.0 Å². The first-order chi connectivity index (χ1) is 6.44. The van der Waals surface area contributed by atoms with Crippen molar-refractivity contribution in [1.82, 2.24) is 0 Å². The van der Waals surface area contributed by atoms with Crippen LogP contribution < -0.4 is 0 Å². The van der Waals surface area contributed by atoms with Crippen molar-refractivity contribution in [3.63, 3.8) is 0 Å². The number of ether oxygens (including phenoxy) is 1. The van der Waals surface area contributed by atoms with Crippen molar-refractivity contribution in [1.29, 1.82) is 0 Å². The standard InChI is InChI=1S/C8H12O4S2/c1-3-13-8-5-14(10,11)4-7(8)12-6(2)9/h5,7H,3-4H2,1-2H3. The Morgan fingerprint density at radius 1 is 1.71 bits per heavy atom. The van der Waals surface area contributed by atoms with Gasteiger partial charge in [0.15, 0.2) is 9.84 Å². The lowest BCUT2D eigenvalue weighted by Crippen LogP contribution is -2.20. The number of esters is 1. The fourth-order valence-corrected chi connectivity index (χ4v) is 3.92. The van der Waals surface area contributed by atoms with Crippen LogP contribution in [0, 0.1) is 0 Å². The van der Waals surface area contributed by atoms with E-state index in [0.29, 0.717) is 4.91 Å². The molecule has 1 aliphatic heterocycles. The van der Waals surface area contributed by atoms with Crippen LogP contribution in [0.3, 0.4) is 0 Å². The molecule has 0 aromatic carbocycles. The average Bonchev–Trinajstić information content (AvgIpc) is 2.25. The summed E-state index contributed by atoms with van der Waals surface area (Å²) >= 11 is 1.40. The highest BCUT2D eigenvalue weighted by molar-refractivity contribution is 8.04. The number of carbonyl (C=O) groups is 1. The van der Waals surface area contributed by atoms with Gasteiger partial charge in [0.1, 0.15) is 6.10 Å². The predicted molar refractivity (Wildman–Crippen MR) is 55.6 cm³/mol. The molecule has 6 heteroatoms. The van der Waals surface area contributed by atoms with E-state index in [1.807, 2.05) is 6.92 Å². The van der Waals surface area contributed by atoms with Crippen LogP contribution in [0.4, 0.5) is 0 Å². The molecule has 4 nitrogen and oxygen atoms in total. The summed E-state index contributed by atoms with van der Waals surface area (Å²) in [5.74, 6) is 0.198. The van der Waals surface area contributed by atoms with Gasteiger partial charge in [0, 0.05) is 17.2 Å². The van der Waals surface area contributed by atoms with Gasteiger partial charge in [0.2, 0.25) is 0 Å². The lowest BCUT2D eigenvalue weighted by atomic mass is 10.4. The van der Waals surface area contributed by atoms with Gasteiger partial charge in [-0.1, -0.05) is 6.92 Å². The molecule has 0 aromatic heterocycles. The van der Waals surface area contributed by atoms with Crippen LogP contribution in [0.1, 0.15) is 13.8 Å². The molecule has 0 amide bonds. The number of rotatable bonds is 3. The van der Waals surface area contributed by atoms with E-state index in [1.165, 1.54) is 24.1 Å². The van der Waals surface area contributed by atoms with Crippen LogP contribution >= 0.6 is 11.8 Å². The molecule has 14 heavy (non-hydrogen) atoms. The van der Waals surface area contributed by atoms with Gasteiger partial charge in [0.05, 0.1) is 5.75 Å². The van der Waals surface area contributed by atoms with Crippen molar-refractivity contribution < 1.29 is 17.9 Å². The number of hydrogen-bond donors (Lipinski definition) is 0. The zero-order valence-electron chi connectivity index (χ0n) is 8.02. The molecule has 1 rings (SSSR count). The first-order valence-corrected chi connectivity index (χ1v) is 6.89. The molecular formula is C8H12O4S2. The van der Waals surface area contributed by atoms with Crippen LogP contribution in [0.2, 0.25) is 0 Å². The molecule has 0 radical (unpaired) electrons. The Hall–Kier alpha value is -0.490. The van der Waals surface area contributed by atoms with Crippen molar-refractivity contribution in [2.75, 3.05) is 11.5 Å². The topological polar surface area (TPSA) is 60.4 Å². The molecule has 0 fully saturated rings. The van der Waals surface area contributed by atoms with Crippen molar-refractivity contribution in [2.24, 2.45) is 0 Å². The van der Waals surface area contributed by atoms with E-state index in [2.05, 4.69) is 0 Å². The Labute approximate surface area is 87.6 Å². The summed E-state index contributed by atoms with van der Waals surface area (Å²) in [4.78, 5) is 11.3. The van der Waals surface area contributed by atoms with Gasteiger partial charge in [0.25, 0.3) is 0 Å². The third-order valence-electron chi connectivity index (χ3n) is 1.62. The SMILES string of the molecule is CCSC1=CS(=O)(=O)CC1OC(C)=O. The molecule has 1 aliphatic rings. The maximum absolute atomic E-state index is 11.2. The molecule has 0 N–H and O–H groups in total. The third-order valence-corrected chi connectivity index (χ3v) is 4.15. The minimum absolute atomic E-state index is 0.116. The van der Waals surface area contributed by atoms with Crippen LogP contribution in [-0.2, 0) is 19.4 Å². The maximum Gasteiger partial charge on any atom is 0.303 e. The second kappa shape index (κ2) is 4.35. The Morgan fingerprint density at radius 3 is 2.86 bits per heavy atom. The third kappa shape index (κ3) is 3.02. The molecule has 1 unspecified atom stereocenters. The Balaban J connectivity index is 2.79. The van der Waals surface area contributed by atoms with Crippen LogP contribution in [0.15, 0.2) is 10.3 Å². The number of carbonyl (C=O) groups excluding carboxylic acids is 1. The van der Waals surface area contributed by atoms with E-state index >= 15 is 0 Å². The molecule has 0 aromatic rings. The van der Waals surface area contributed by atoms with Gasteiger partial charge in [-0.05, 0) is 5.75 Å². The van der Waals surface area contributed by atoms with Crippen molar-refractivity contribution >= 4 is 27.6 Å². The van der Waals surface area contributed by atoms with Gasteiger partial charge in [-0.15, -0.1) is 11.8 Å². The highest BCUT2D eigenvalue weighted by Gasteiger charge is 2.31. The summed E-state index contributed by atoms with van der Waals surface area (Å²) in [5, 5.41) is 1.20. The minimum Gasteiger partial charge on any atom is -0.456 e. The molecule has 1 heterocycles. The van der Waals surface area contributed by atoms with E-state index in [4.69, 9.17) is 4.74 Å². The molecular weight excluding hydrogens is 224 g/mol. The van der Waals surface area contributed by atoms with Gasteiger partial charge in [-0.2, -0.15) is 0 Å². The Bertz CT molecular complexity index is 356.